The second kappa shape index (κ2) is 7.19. The molecule has 0 bridgehead atoms. The normalized spacial score (nSPS) is 14.6. The van der Waals surface area contributed by atoms with Crippen LogP contribution in [-0.4, -0.2) is 25.6 Å². The van der Waals surface area contributed by atoms with Crippen molar-refractivity contribution >= 4 is 11.7 Å². The van der Waals surface area contributed by atoms with Crippen LogP contribution in [0.25, 0.3) is 11.3 Å². The zero-order valence-corrected chi connectivity index (χ0v) is 15.4. The van der Waals surface area contributed by atoms with Crippen LogP contribution in [0, 0.1) is 12.8 Å². The Morgan fingerprint density at radius 1 is 1.22 bits per heavy atom. The number of carbonyl (C=O) groups excluding carboxylic acids is 1. The summed E-state index contributed by atoms with van der Waals surface area (Å²) < 4.78 is 1.96. The van der Waals surface area contributed by atoms with Crippen molar-refractivity contribution < 1.29 is 4.79 Å². The van der Waals surface area contributed by atoms with Gasteiger partial charge in [-0.3, -0.25) is 0 Å². The van der Waals surface area contributed by atoms with Gasteiger partial charge in [0.25, 0.3) is 0 Å². The molecule has 0 saturated heterocycles. The number of anilines is 1. The van der Waals surface area contributed by atoms with E-state index in [2.05, 4.69) is 25.6 Å². The Balaban J connectivity index is 1.48. The molecule has 27 heavy (non-hydrogen) atoms. The van der Waals surface area contributed by atoms with E-state index in [0.717, 1.165) is 35.6 Å². The van der Waals surface area contributed by atoms with Crippen molar-refractivity contribution in [2.24, 2.45) is 13.0 Å². The van der Waals surface area contributed by atoms with E-state index in [1.54, 1.807) is 12.4 Å². The summed E-state index contributed by atoms with van der Waals surface area (Å²) in [6, 6.07) is 9.20. The molecule has 1 aliphatic rings. The highest BCUT2D eigenvalue weighted by atomic mass is 16.2. The first-order chi connectivity index (χ1) is 13.1. The van der Waals surface area contributed by atoms with Gasteiger partial charge in [-0.25, -0.2) is 19.7 Å². The van der Waals surface area contributed by atoms with Gasteiger partial charge in [-0.1, -0.05) is 12.1 Å². The smallest absolute Gasteiger partial charge is 0.319 e. The van der Waals surface area contributed by atoms with E-state index in [4.69, 9.17) is 0 Å². The number of nitrogens with one attached hydrogen (secondary N) is 2. The van der Waals surface area contributed by atoms with Gasteiger partial charge >= 0.3 is 6.03 Å². The number of rotatable bonds is 5. The molecule has 2 N–H and O–H groups in total. The molecule has 138 valence electrons. The average Bonchev–Trinajstić information content (AvgIpc) is 3.41. The number of hydrogen-bond donors (Lipinski definition) is 2. The number of amides is 2. The Labute approximate surface area is 157 Å². The van der Waals surface area contributed by atoms with E-state index in [-0.39, 0.29) is 12.1 Å². The van der Waals surface area contributed by atoms with E-state index in [0.29, 0.717) is 11.7 Å². The first-order valence-corrected chi connectivity index (χ1v) is 9.05. The maximum absolute atomic E-state index is 12.6. The summed E-state index contributed by atoms with van der Waals surface area (Å²) in [7, 11) is 1.95. The molecule has 3 aromatic rings. The molecule has 7 nitrogen and oxygen atoms in total. The molecule has 1 saturated carbocycles. The van der Waals surface area contributed by atoms with Crippen LogP contribution >= 0.6 is 0 Å². The summed E-state index contributed by atoms with van der Waals surface area (Å²) >= 11 is 0. The van der Waals surface area contributed by atoms with Gasteiger partial charge in [-0.2, -0.15) is 0 Å². The maximum Gasteiger partial charge on any atom is 0.319 e. The van der Waals surface area contributed by atoms with Crippen LogP contribution in [0.5, 0.6) is 0 Å². The zero-order valence-electron chi connectivity index (χ0n) is 15.4. The Bertz CT molecular complexity index is 962. The number of carbonyl (C=O) groups is 1. The van der Waals surface area contributed by atoms with E-state index in [1.165, 1.54) is 0 Å². The van der Waals surface area contributed by atoms with Crippen LogP contribution in [0.3, 0.4) is 0 Å². The first kappa shape index (κ1) is 17.2. The fourth-order valence-corrected chi connectivity index (χ4v) is 3.18. The van der Waals surface area contributed by atoms with Crippen molar-refractivity contribution in [3.8, 4) is 11.3 Å². The number of aryl methyl sites for hydroxylation is 2. The number of hydrogen-bond acceptors (Lipinski definition) is 4. The van der Waals surface area contributed by atoms with E-state index >= 15 is 0 Å². The van der Waals surface area contributed by atoms with Crippen molar-refractivity contribution in [1.29, 1.82) is 0 Å². The third-order valence-corrected chi connectivity index (χ3v) is 4.71. The van der Waals surface area contributed by atoms with Gasteiger partial charge in [-0.05, 0) is 43.9 Å². The molecule has 2 aromatic heterocycles. The Kier molecular flexibility index (Phi) is 4.58. The van der Waals surface area contributed by atoms with E-state index < -0.39 is 0 Å². The highest BCUT2D eigenvalue weighted by Crippen LogP contribution is 2.40. The minimum Gasteiger partial charge on any atom is -0.336 e. The summed E-state index contributed by atoms with van der Waals surface area (Å²) in [5.74, 6) is 2.05. The van der Waals surface area contributed by atoms with Gasteiger partial charge in [0.05, 0.1) is 11.7 Å². The van der Waals surface area contributed by atoms with Crippen LogP contribution in [0.1, 0.15) is 30.5 Å². The molecule has 1 aliphatic carbocycles. The molecule has 7 heteroatoms. The SMILES string of the molecule is Cc1nccc(-c2cccc(NC(=O)NC(c3nccn3C)C3CC3)c2)n1. The molecule has 0 spiro atoms. The molecule has 2 amide bonds. The molecule has 0 radical (unpaired) electrons. The number of urea groups is 1. The second-order valence-corrected chi connectivity index (χ2v) is 6.88. The summed E-state index contributed by atoms with van der Waals surface area (Å²) in [4.78, 5) is 25.5. The second-order valence-electron chi connectivity index (χ2n) is 6.88. The van der Waals surface area contributed by atoms with Crippen LogP contribution in [0.4, 0.5) is 10.5 Å². The minimum atomic E-state index is -0.231. The van der Waals surface area contributed by atoms with Crippen LogP contribution in [0.2, 0.25) is 0 Å². The molecule has 1 aromatic carbocycles. The number of imidazole rings is 1. The summed E-state index contributed by atoms with van der Waals surface area (Å²) in [6.07, 6.45) is 7.62. The van der Waals surface area contributed by atoms with Crippen molar-refractivity contribution in [1.82, 2.24) is 24.8 Å². The molecule has 2 heterocycles. The molecule has 4 rings (SSSR count). The van der Waals surface area contributed by atoms with Gasteiger partial charge in [0, 0.05) is 36.9 Å². The highest BCUT2D eigenvalue weighted by molar-refractivity contribution is 5.90. The summed E-state index contributed by atoms with van der Waals surface area (Å²) in [5, 5.41) is 6.01. The third-order valence-electron chi connectivity index (χ3n) is 4.71. The fourth-order valence-electron chi connectivity index (χ4n) is 3.18. The zero-order chi connectivity index (χ0) is 18.8. The summed E-state index contributed by atoms with van der Waals surface area (Å²) in [5.41, 5.74) is 2.48. The third kappa shape index (κ3) is 3.97. The predicted octanol–water partition coefficient (Wildman–Crippen LogP) is 3.46. The van der Waals surface area contributed by atoms with Gasteiger partial charge < -0.3 is 15.2 Å². The lowest BCUT2D eigenvalue weighted by atomic mass is 10.1. The number of aromatic nitrogens is 4. The maximum atomic E-state index is 12.6. The quantitative estimate of drug-likeness (QED) is 0.728. The molecule has 1 unspecified atom stereocenters. The van der Waals surface area contributed by atoms with Crippen LogP contribution in [0.15, 0.2) is 48.9 Å². The largest absolute Gasteiger partial charge is 0.336 e. The minimum absolute atomic E-state index is 0.0716. The molecule has 1 fully saturated rings. The Hall–Kier alpha value is -3.22. The number of benzene rings is 1. The predicted molar refractivity (Wildman–Crippen MR) is 103 cm³/mol. The van der Waals surface area contributed by atoms with Gasteiger partial charge in [0.2, 0.25) is 0 Å². The standard InChI is InChI=1S/C20H22N6O/c1-13-21-9-8-17(23-13)15-4-3-5-16(12-15)24-20(27)25-18(14-6-7-14)19-22-10-11-26(19)2/h3-5,8-12,14,18H,6-7H2,1-2H3,(H2,24,25,27). The average molecular weight is 362 g/mol. The fraction of sp³-hybridized carbons (Fsp3) is 0.300. The van der Waals surface area contributed by atoms with Crippen molar-refractivity contribution in [2.75, 3.05) is 5.32 Å². The van der Waals surface area contributed by atoms with Gasteiger partial charge in [0.15, 0.2) is 0 Å². The van der Waals surface area contributed by atoms with Crippen molar-refractivity contribution in [3.63, 3.8) is 0 Å². The van der Waals surface area contributed by atoms with Crippen LogP contribution in [-0.2, 0) is 7.05 Å². The molecule has 0 aliphatic heterocycles. The molecule has 1 atom stereocenters. The van der Waals surface area contributed by atoms with Crippen molar-refractivity contribution in [3.05, 3.63) is 60.6 Å². The number of nitrogens with zero attached hydrogens (tertiary/aromatic N) is 4. The van der Waals surface area contributed by atoms with E-state index in [9.17, 15) is 4.79 Å². The van der Waals surface area contributed by atoms with Crippen molar-refractivity contribution in [2.45, 2.75) is 25.8 Å². The summed E-state index contributed by atoms with van der Waals surface area (Å²) in [6.45, 7) is 1.86. The Morgan fingerprint density at radius 2 is 2.07 bits per heavy atom. The lowest BCUT2D eigenvalue weighted by Crippen LogP contribution is -2.35. The lowest BCUT2D eigenvalue weighted by molar-refractivity contribution is 0.246. The lowest BCUT2D eigenvalue weighted by Gasteiger charge is -2.18. The highest BCUT2D eigenvalue weighted by Gasteiger charge is 2.35. The monoisotopic (exact) mass is 362 g/mol. The van der Waals surface area contributed by atoms with Crippen LogP contribution < -0.4 is 10.6 Å². The first-order valence-electron chi connectivity index (χ1n) is 9.05. The van der Waals surface area contributed by atoms with Gasteiger partial charge in [0.1, 0.15) is 11.6 Å². The molecular formula is C20H22N6O. The van der Waals surface area contributed by atoms with Gasteiger partial charge in [-0.15, -0.1) is 0 Å². The Morgan fingerprint density at radius 3 is 2.78 bits per heavy atom. The topological polar surface area (TPSA) is 84.7 Å². The molecular weight excluding hydrogens is 340 g/mol. The van der Waals surface area contributed by atoms with E-state index in [1.807, 2.05) is 55.1 Å².